The molecule has 1 aliphatic carbocycles. The second-order valence-electron chi connectivity index (χ2n) is 6.66. The molecular weight excluding hydrogens is 396 g/mol. The van der Waals surface area contributed by atoms with Gasteiger partial charge in [-0.25, -0.2) is 9.79 Å². The molecule has 5 rings (SSSR count). The lowest BCUT2D eigenvalue weighted by Crippen LogP contribution is -2.24. The average molecular weight is 411 g/mol. The average Bonchev–Trinajstić information content (AvgIpc) is 3.31. The van der Waals surface area contributed by atoms with Gasteiger partial charge in [-0.2, -0.15) is 19.6 Å². The number of hydrogen-bond acceptors (Lipinski definition) is 7. The van der Waals surface area contributed by atoms with Gasteiger partial charge in [0.1, 0.15) is 5.69 Å². The minimum atomic E-state index is -0.507. The lowest BCUT2D eigenvalue weighted by molar-refractivity contribution is 0.454. The number of aromatic amines is 2. The van der Waals surface area contributed by atoms with Crippen LogP contribution in [0.1, 0.15) is 18.5 Å². The molecule has 10 nitrogen and oxygen atoms in total. The summed E-state index contributed by atoms with van der Waals surface area (Å²) < 4.78 is 1.54. The van der Waals surface area contributed by atoms with Crippen LogP contribution in [0.4, 0.5) is 11.6 Å². The van der Waals surface area contributed by atoms with Crippen molar-refractivity contribution in [3.8, 4) is 5.88 Å². The van der Waals surface area contributed by atoms with Crippen molar-refractivity contribution in [3.63, 3.8) is 0 Å². The van der Waals surface area contributed by atoms with Gasteiger partial charge in [-0.1, -0.05) is 17.7 Å². The normalized spacial score (nSPS) is 15.3. The Labute approximate surface area is 167 Å². The SMILES string of the molecule is O=c1[nH]c(O)c(/C=c2/cnn3c(=NC4CC4)nc(Nc4cccc(Cl)c4)nc23)[nH]1. The number of rotatable bonds is 4. The van der Waals surface area contributed by atoms with Gasteiger partial charge in [0, 0.05) is 15.9 Å². The van der Waals surface area contributed by atoms with E-state index in [0.29, 0.717) is 27.5 Å². The quantitative estimate of drug-likeness (QED) is 0.394. The molecule has 0 radical (unpaired) electrons. The van der Waals surface area contributed by atoms with E-state index in [9.17, 15) is 9.90 Å². The van der Waals surface area contributed by atoms with E-state index in [4.69, 9.17) is 11.6 Å². The summed E-state index contributed by atoms with van der Waals surface area (Å²) in [5.41, 5.74) is 1.36. The molecule has 146 valence electrons. The number of nitrogens with one attached hydrogen (secondary N) is 3. The van der Waals surface area contributed by atoms with Crippen LogP contribution in [0.5, 0.6) is 5.88 Å². The highest BCUT2D eigenvalue weighted by Gasteiger charge is 2.21. The van der Waals surface area contributed by atoms with Crippen molar-refractivity contribution >= 4 is 35.0 Å². The Morgan fingerprint density at radius 3 is 2.90 bits per heavy atom. The van der Waals surface area contributed by atoms with Gasteiger partial charge in [-0.15, -0.1) is 0 Å². The van der Waals surface area contributed by atoms with Crippen LogP contribution in [0.3, 0.4) is 0 Å². The molecule has 3 heterocycles. The Bertz CT molecular complexity index is 1400. The summed E-state index contributed by atoms with van der Waals surface area (Å²) in [5, 5.41) is 18.5. The maximum Gasteiger partial charge on any atom is 0.326 e. The Kier molecular flexibility index (Phi) is 4.06. The molecule has 0 aliphatic heterocycles. The maximum absolute atomic E-state index is 11.4. The van der Waals surface area contributed by atoms with Gasteiger partial charge < -0.3 is 15.4 Å². The highest BCUT2D eigenvalue weighted by Crippen LogP contribution is 2.22. The molecule has 29 heavy (non-hydrogen) atoms. The summed E-state index contributed by atoms with van der Waals surface area (Å²) in [5.74, 6) is 0.0738. The first kappa shape index (κ1) is 17.4. The molecule has 0 spiro atoms. The lowest BCUT2D eigenvalue weighted by atomic mass is 10.3. The fourth-order valence-electron chi connectivity index (χ4n) is 2.83. The first-order chi connectivity index (χ1) is 14.0. The molecule has 11 heteroatoms. The largest absolute Gasteiger partial charge is 0.493 e. The molecule has 4 N–H and O–H groups in total. The van der Waals surface area contributed by atoms with Crippen molar-refractivity contribution in [2.24, 2.45) is 4.99 Å². The van der Waals surface area contributed by atoms with Gasteiger partial charge in [-0.3, -0.25) is 4.98 Å². The predicted octanol–water partition coefficient (Wildman–Crippen LogP) is 0.854. The van der Waals surface area contributed by atoms with Crippen LogP contribution in [-0.2, 0) is 0 Å². The van der Waals surface area contributed by atoms with Crippen molar-refractivity contribution < 1.29 is 5.11 Å². The van der Waals surface area contributed by atoms with E-state index in [1.54, 1.807) is 24.4 Å². The number of hydrogen-bond donors (Lipinski definition) is 4. The van der Waals surface area contributed by atoms with Gasteiger partial charge in [0.05, 0.1) is 12.2 Å². The van der Waals surface area contributed by atoms with Crippen LogP contribution in [-0.4, -0.2) is 40.7 Å². The Balaban J connectivity index is 1.68. The molecule has 0 amide bonds. The van der Waals surface area contributed by atoms with Crippen molar-refractivity contribution in [2.75, 3.05) is 5.32 Å². The standard InChI is InChI=1S/C18H15ClN8O2/c19-10-2-1-3-12(7-10)21-16-24-14-9(6-13-15(28)25-18(29)23-13)8-20-27(14)17(26-16)22-11-4-5-11/h1-3,6-8,11,28H,4-5H2,(H,21,22,26)(H2,23,25,29)/b9-6-. The molecule has 3 aromatic heterocycles. The zero-order valence-electron chi connectivity index (χ0n) is 14.9. The predicted molar refractivity (Wildman–Crippen MR) is 106 cm³/mol. The summed E-state index contributed by atoms with van der Waals surface area (Å²) in [4.78, 5) is 29.8. The molecule has 0 saturated heterocycles. The van der Waals surface area contributed by atoms with E-state index in [2.05, 4.69) is 35.3 Å². The molecule has 4 aromatic rings. The van der Waals surface area contributed by atoms with Crippen LogP contribution >= 0.6 is 11.6 Å². The summed E-state index contributed by atoms with van der Waals surface area (Å²) in [6, 6.07) is 7.44. The van der Waals surface area contributed by atoms with Crippen LogP contribution in [0.2, 0.25) is 5.02 Å². The molecule has 1 aromatic carbocycles. The monoisotopic (exact) mass is 410 g/mol. The summed E-state index contributed by atoms with van der Waals surface area (Å²) in [7, 11) is 0. The fraction of sp³-hybridized carbons (Fsp3) is 0.167. The van der Waals surface area contributed by atoms with Gasteiger partial charge in [0.2, 0.25) is 11.8 Å². The molecular formula is C18H15ClN8O2. The Morgan fingerprint density at radius 2 is 2.17 bits per heavy atom. The molecule has 0 unspecified atom stereocenters. The van der Waals surface area contributed by atoms with Crippen LogP contribution in [0.15, 0.2) is 40.2 Å². The number of fused-ring (bicyclic) bond motifs is 1. The minimum absolute atomic E-state index is 0.230. The van der Waals surface area contributed by atoms with Gasteiger partial charge in [0.25, 0.3) is 5.62 Å². The van der Waals surface area contributed by atoms with E-state index < -0.39 is 5.69 Å². The van der Waals surface area contributed by atoms with E-state index in [0.717, 1.165) is 18.5 Å². The molecule has 1 saturated carbocycles. The summed E-state index contributed by atoms with van der Waals surface area (Å²) in [6.07, 6.45) is 5.18. The van der Waals surface area contributed by atoms with Crippen LogP contribution < -0.4 is 21.8 Å². The lowest BCUT2D eigenvalue weighted by Gasteiger charge is -2.05. The number of aromatic hydroxyl groups is 1. The highest BCUT2D eigenvalue weighted by atomic mass is 35.5. The van der Waals surface area contributed by atoms with Gasteiger partial charge in [-0.05, 0) is 37.1 Å². The number of aromatic nitrogens is 6. The van der Waals surface area contributed by atoms with E-state index in [1.807, 2.05) is 12.1 Å². The van der Waals surface area contributed by atoms with Crippen molar-refractivity contribution in [1.82, 2.24) is 29.5 Å². The first-order valence-corrected chi connectivity index (χ1v) is 9.28. The molecule has 1 aliphatic rings. The van der Waals surface area contributed by atoms with Crippen molar-refractivity contribution in [3.05, 3.63) is 62.5 Å². The third-order valence-electron chi connectivity index (χ3n) is 4.34. The Morgan fingerprint density at radius 1 is 1.31 bits per heavy atom. The number of halogens is 1. The second kappa shape index (κ2) is 6.74. The van der Waals surface area contributed by atoms with E-state index >= 15 is 0 Å². The number of anilines is 2. The number of H-pyrrole nitrogens is 2. The van der Waals surface area contributed by atoms with Crippen molar-refractivity contribution in [1.29, 1.82) is 0 Å². The molecule has 0 atom stereocenters. The van der Waals surface area contributed by atoms with E-state index in [-0.39, 0.29) is 17.6 Å². The molecule has 0 bridgehead atoms. The van der Waals surface area contributed by atoms with E-state index in [1.165, 1.54) is 4.52 Å². The fourth-order valence-corrected chi connectivity index (χ4v) is 3.02. The molecule has 1 fully saturated rings. The third-order valence-corrected chi connectivity index (χ3v) is 4.57. The van der Waals surface area contributed by atoms with Crippen LogP contribution in [0, 0.1) is 0 Å². The van der Waals surface area contributed by atoms with Gasteiger partial charge in [0.15, 0.2) is 5.65 Å². The zero-order valence-corrected chi connectivity index (χ0v) is 15.7. The number of benzene rings is 1. The summed E-state index contributed by atoms with van der Waals surface area (Å²) >= 11 is 6.06. The van der Waals surface area contributed by atoms with Gasteiger partial charge >= 0.3 is 5.69 Å². The van der Waals surface area contributed by atoms with Crippen molar-refractivity contribution in [2.45, 2.75) is 18.9 Å². The second-order valence-corrected chi connectivity index (χ2v) is 7.10. The maximum atomic E-state index is 11.4. The Hall–Kier alpha value is -3.66. The topological polar surface area (TPSA) is 136 Å². The smallest absolute Gasteiger partial charge is 0.326 e. The zero-order chi connectivity index (χ0) is 20.0. The first-order valence-electron chi connectivity index (χ1n) is 8.90. The third kappa shape index (κ3) is 3.57. The highest BCUT2D eigenvalue weighted by molar-refractivity contribution is 6.30. The number of imidazole rings is 1. The number of nitrogens with zero attached hydrogens (tertiary/aromatic N) is 5. The van der Waals surface area contributed by atoms with Crippen LogP contribution in [0.25, 0.3) is 11.7 Å². The summed E-state index contributed by atoms with van der Waals surface area (Å²) in [6.45, 7) is 0. The minimum Gasteiger partial charge on any atom is -0.493 e.